The van der Waals surface area contributed by atoms with E-state index in [1.807, 2.05) is 0 Å². The molecule has 0 aromatic rings. The van der Waals surface area contributed by atoms with Crippen LogP contribution < -0.4 is 16.0 Å². The van der Waals surface area contributed by atoms with Gasteiger partial charge in [0, 0.05) is 24.0 Å². The number of hydrogen-bond acceptors (Lipinski definition) is 2. The lowest BCUT2D eigenvalue weighted by Crippen LogP contribution is -2.62. The van der Waals surface area contributed by atoms with E-state index in [4.69, 9.17) is 0 Å². The fourth-order valence-electron chi connectivity index (χ4n) is 7.02. The molecule has 0 saturated heterocycles. The molecule has 0 spiro atoms. The lowest BCUT2D eigenvalue weighted by atomic mass is 9.53. The molecule has 0 radical (unpaired) electrons. The Morgan fingerprint density at radius 2 is 1.61 bits per heavy atom. The molecule has 5 aliphatic rings. The first-order valence-corrected chi connectivity index (χ1v) is 11.9. The van der Waals surface area contributed by atoms with Crippen LogP contribution in [0.4, 0.5) is 4.79 Å². The van der Waals surface area contributed by atoms with Gasteiger partial charge in [-0.25, -0.2) is 4.79 Å². The molecule has 5 aliphatic carbocycles. The van der Waals surface area contributed by atoms with Gasteiger partial charge in [-0.15, -0.1) is 0 Å². The predicted molar refractivity (Wildman–Crippen MR) is 111 cm³/mol. The van der Waals surface area contributed by atoms with Crippen molar-refractivity contribution in [2.45, 2.75) is 102 Å². The molecular formula is C23H39N3O2. The Balaban J connectivity index is 1.24. The van der Waals surface area contributed by atoms with Crippen LogP contribution in [0.15, 0.2) is 0 Å². The summed E-state index contributed by atoms with van der Waals surface area (Å²) < 4.78 is 0. The molecule has 5 nitrogen and oxygen atoms in total. The molecule has 28 heavy (non-hydrogen) atoms. The van der Waals surface area contributed by atoms with Crippen LogP contribution in [0.1, 0.15) is 90.4 Å². The molecule has 5 saturated carbocycles. The Morgan fingerprint density at radius 3 is 2.25 bits per heavy atom. The van der Waals surface area contributed by atoms with Gasteiger partial charge in [0.15, 0.2) is 0 Å². The largest absolute Gasteiger partial charge is 0.356 e. The maximum absolute atomic E-state index is 12.8. The van der Waals surface area contributed by atoms with Crippen molar-refractivity contribution >= 4 is 11.9 Å². The summed E-state index contributed by atoms with van der Waals surface area (Å²) in [6, 6.07) is 0.144. The molecule has 3 amide bonds. The average molecular weight is 390 g/mol. The van der Waals surface area contributed by atoms with Gasteiger partial charge in [-0.3, -0.25) is 4.79 Å². The van der Waals surface area contributed by atoms with Crippen molar-refractivity contribution in [3.63, 3.8) is 0 Å². The molecule has 0 aliphatic heterocycles. The molecule has 0 heterocycles. The van der Waals surface area contributed by atoms with E-state index in [0.717, 1.165) is 56.4 Å². The van der Waals surface area contributed by atoms with Crippen LogP contribution in [0.5, 0.6) is 0 Å². The molecule has 5 heteroatoms. The molecule has 158 valence electrons. The molecule has 3 N–H and O–H groups in total. The molecule has 0 aromatic heterocycles. The third kappa shape index (κ3) is 4.65. The minimum Gasteiger partial charge on any atom is -0.356 e. The summed E-state index contributed by atoms with van der Waals surface area (Å²) in [6.07, 6.45) is 14.9. The van der Waals surface area contributed by atoms with Crippen molar-refractivity contribution in [1.82, 2.24) is 16.0 Å². The van der Waals surface area contributed by atoms with Crippen molar-refractivity contribution in [2.24, 2.45) is 23.7 Å². The second-order valence-electron chi connectivity index (χ2n) is 10.4. The third-order valence-corrected chi connectivity index (χ3v) is 7.88. The molecule has 5 rings (SSSR count). The fraction of sp³-hybridized carbons (Fsp3) is 0.913. The van der Waals surface area contributed by atoms with E-state index >= 15 is 0 Å². The predicted octanol–water partition coefficient (Wildman–Crippen LogP) is 4.12. The quantitative estimate of drug-likeness (QED) is 0.573. The van der Waals surface area contributed by atoms with E-state index in [9.17, 15) is 9.59 Å². The molecule has 2 atom stereocenters. The maximum Gasteiger partial charge on any atom is 0.315 e. The second-order valence-corrected chi connectivity index (χ2v) is 10.4. The van der Waals surface area contributed by atoms with Gasteiger partial charge in [-0.2, -0.15) is 0 Å². The van der Waals surface area contributed by atoms with E-state index in [-0.39, 0.29) is 29.4 Å². The summed E-state index contributed by atoms with van der Waals surface area (Å²) >= 11 is 0. The second kappa shape index (κ2) is 8.62. The monoisotopic (exact) mass is 389 g/mol. The number of urea groups is 1. The summed E-state index contributed by atoms with van der Waals surface area (Å²) in [7, 11) is 0. The Morgan fingerprint density at radius 1 is 0.929 bits per heavy atom. The first-order chi connectivity index (χ1) is 13.5. The van der Waals surface area contributed by atoms with Crippen LogP contribution in [-0.2, 0) is 4.79 Å². The summed E-state index contributed by atoms with van der Waals surface area (Å²) in [5.74, 6) is 2.75. The molecule has 5 fully saturated rings. The Bertz CT molecular complexity index is 541. The van der Waals surface area contributed by atoms with Crippen molar-refractivity contribution < 1.29 is 9.59 Å². The zero-order valence-electron chi connectivity index (χ0n) is 17.6. The number of hydrogen-bond donors (Lipinski definition) is 3. The van der Waals surface area contributed by atoms with Gasteiger partial charge in [0.05, 0.1) is 0 Å². The first kappa shape index (κ1) is 20.0. The molecular weight excluding hydrogens is 350 g/mol. The normalized spacial score (nSPS) is 38.8. The number of carbonyl (C=O) groups excluding carboxylic acids is 2. The summed E-state index contributed by atoms with van der Waals surface area (Å²) in [4.78, 5) is 25.2. The first-order valence-electron chi connectivity index (χ1n) is 11.9. The Hall–Kier alpha value is -1.26. The van der Waals surface area contributed by atoms with E-state index < -0.39 is 0 Å². The van der Waals surface area contributed by atoms with Crippen molar-refractivity contribution in [3.8, 4) is 0 Å². The smallest absolute Gasteiger partial charge is 0.315 e. The molecule has 0 aromatic carbocycles. The van der Waals surface area contributed by atoms with Crippen LogP contribution >= 0.6 is 0 Å². The highest BCUT2D eigenvalue weighted by molar-refractivity contribution is 5.79. The van der Waals surface area contributed by atoms with Gasteiger partial charge in [-0.05, 0) is 82.0 Å². The maximum atomic E-state index is 12.8. The average Bonchev–Trinajstić information content (AvgIpc) is 2.63. The number of amides is 3. The van der Waals surface area contributed by atoms with Crippen molar-refractivity contribution in [3.05, 3.63) is 0 Å². The van der Waals surface area contributed by atoms with E-state index in [1.165, 1.54) is 51.4 Å². The van der Waals surface area contributed by atoms with E-state index in [1.54, 1.807) is 0 Å². The van der Waals surface area contributed by atoms with Gasteiger partial charge in [0.25, 0.3) is 0 Å². The highest BCUT2D eigenvalue weighted by Gasteiger charge is 2.51. The number of rotatable bonds is 7. The summed E-state index contributed by atoms with van der Waals surface area (Å²) in [5, 5.41) is 9.74. The van der Waals surface area contributed by atoms with Crippen LogP contribution in [0.2, 0.25) is 0 Å². The lowest BCUT2D eigenvalue weighted by Gasteiger charge is -2.56. The number of carbonyl (C=O) groups is 2. The Kier molecular flexibility index (Phi) is 6.17. The van der Waals surface area contributed by atoms with Gasteiger partial charge < -0.3 is 16.0 Å². The number of unbranched alkanes of at least 4 members (excludes halogenated alkanes) is 2. The van der Waals surface area contributed by atoms with E-state index in [0.29, 0.717) is 0 Å². The summed E-state index contributed by atoms with van der Waals surface area (Å²) in [5.41, 5.74) is 0.0591. The SMILES string of the molecule is CCCCCNC(=O)C1CCCC(NC(=O)NC23CC4CC(CC(C4)C2)C3)C1. The van der Waals surface area contributed by atoms with E-state index in [2.05, 4.69) is 22.9 Å². The zero-order valence-corrected chi connectivity index (χ0v) is 17.6. The standard InChI is InChI=1S/C23H39N3O2/c1-2-3-4-8-24-21(27)19-6-5-7-20(12-19)25-22(28)26-23-13-16-9-17(14-23)11-18(10-16)15-23/h16-20H,2-15H2,1H3,(H,24,27)(H2,25,26,28). The van der Waals surface area contributed by atoms with Gasteiger partial charge in [-0.1, -0.05) is 26.2 Å². The Labute approximate surface area is 170 Å². The van der Waals surface area contributed by atoms with Gasteiger partial charge in [0.2, 0.25) is 5.91 Å². The van der Waals surface area contributed by atoms with Crippen molar-refractivity contribution in [2.75, 3.05) is 6.54 Å². The highest BCUT2D eigenvalue weighted by Crippen LogP contribution is 2.55. The van der Waals surface area contributed by atoms with Crippen LogP contribution in [0.25, 0.3) is 0 Å². The van der Waals surface area contributed by atoms with Crippen LogP contribution in [0.3, 0.4) is 0 Å². The minimum absolute atomic E-state index is 0.0101. The van der Waals surface area contributed by atoms with Crippen molar-refractivity contribution in [1.29, 1.82) is 0 Å². The minimum atomic E-state index is 0.0101. The lowest BCUT2D eigenvalue weighted by molar-refractivity contribution is -0.126. The highest BCUT2D eigenvalue weighted by atomic mass is 16.2. The van der Waals surface area contributed by atoms with Gasteiger partial charge in [0.1, 0.15) is 0 Å². The topological polar surface area (TPSA) is 70.2 Å². The van der Waals surface area contributed by atoms with Crippen LogP contribution in [0, 0.1) is 23.7 Å². The molecule has 4 bridgehead atoms. The fourth-order valence-corrected chi connectivity index (χ4v) is 7.02. The summed E-state index contributed by atoms with van der Waals surface area (Å²) in [6.45, 7) is 2.96. The molecule has 2 unspecified atom stereocenters. The number of nitrogens with one attached hydrogen (secondary N) is 3. The zero-order chi connectivity index (χ0) is 19.6. The van der Waals surface area contributed by atoms with Crippen LogP contribution in [-0.4, -0.2) is 30.1 Å². The third-order valence-electron chi connectivity index (χ3n) is 7.88. The van der Waals surface area contributed by atoms with Gasteiger partial charge >= 0.3 is 6.03 Å².